The molecule has 3 nitrogen and oxygen atoms in total. The molecule has 4 heteroatoms. The lowest BCUT2D eigenvalue weighted by Gasteiger charge is -2.01. The lowest BCUT2D eigenvalue weighted by molar-refractivity contribution is -0.114. The number of thiophene rings is 1. The molecule has 0 spiro atoms. The summed E-state index contributed by atoms with van der Waals surface area (Å²) in [6, 6.07) is 15.4. The maximum Gasteiger partial charge on any atom is 0.221 e. The van der Waals surface area contributed by atoms with Gasteiger partial charge in [0.1, 0.15) is 0 Å². The van der Waals surface area contributed by atoms with Crippen LogP contribution in [0.25, 0.3) is 16.2 Å². The number of hydrogen-bond acceptors (Lipinski definition) is 3. The molecule has 3 aromatic rings. The van der Waals surface area contributed by atoms with Crippen molar-refractivity contribution >= 4 is 44.9 Å². The summed E-state index contributed by atoms with van der Waals surface area (Å²) >= 11 is 1.53. The molecule has 0 saturated carbocycles. The largest absolute Gasteiger partial charge is 0.326 e. The Labute approximate surface area is 144 Å². The summed E-state index contributed by atoms with van der Waals surface area (Å²) in [5.74, 6) is -0.0895. The van der Waals surface area contributed by atoms with Crippen LogP contribution in [0.15, 0.2) is 54.6 Å². The highest BCUT2D eigenvalue weighted by Gasteiger charge is 2.12. The molecule has 1 N–H and O–H groups in total. The van der Waals surface area contributed by atoms with E-state index in [-0.39, 0.29) is 11.7 Å². The first-order chi connectivity index (χ1) is 11.5. The van der Waals surface area contributed by atoms with E-state index in [1.807, 2.05) is 55.5 Å². The van der Waals surface area contributed by atoms with Crippen molar-refractivity contribution in [1.29, 1.82) is 0 Å². The number of nitrogens with one attached hydrogen (secondary N) is 1. The van der Waals surface area contributed by atoms with Gasteiger partial charge in [-0.1, -0.05) is 36.4 Å². The quantitative estimate of drug-likeness (QED) is 0.535. The number of hydrogen-bond donors (Lipinski definition) is 1. The van der Waals surface area contributed by atoms with E-state index in [0.717, 1.165) is 31.8 Å². The molecule has 1 aromatic heterocycles. The summed E-state index contributed by atoms with van der Waals surface area (Å²) < 4.78 is 1.13. The highest BCUT2D eigenvalue weighted by Crippen LogP contribution is 2.31. The van der Waals surface area contributed by atoms with E-state index in [1.165, 1.54) is 18.3 Å². The fourth-order valence-electron chi connectivity index (χ4n) is 2.54. The van der Waals surface area contributed by atoms with Gasteiger partial charge in [-0.3, -0.25) is 9.59 Å². The molecule has 3 rings (SSSR count). The van der Waals surface area contributed by atoms with Crippen LogP contribution in [0, 0.1) is 6.92 Å². The number of anilines is 1. The Kier molecular flexibility index (Phi) is 4.58. The highest BCUT2D eigenvalue weighted by molar-refractivity contribution is 7.21. The van der Waals surface area contributed by atoms with Gasteiger partial charge in [0.25, 0.3) is 0 Å². The third-order valence-electron chi connectivity index (χ3n) is 3.73. The minimum atomic E-state index is -0.103. The lowest BCUT2D eigenvalue weighted by atomic mass is 10.1. The van der Waals surface area contributed by atoms with E-state index < -0.39 is 0 Å². The van der Waals surface area contributed by atoms with Crippen molar-refractivity contribution in [3.8, 4) is 0 Å². The average Bonchev–Trinajstić information content (AvgIpc) is 2.91. The molecule has 24 heavy (non-hydrogen) atoms. The normalized spacial score (nSPS) is 11.1. The molecular weight excluding hydrogens is 318 g/mol. The van der Waals surface area contributed by atoms with Gasteiger partial charge in [0, 0.05) is 17.3 Å². The summed E-state index contributed by atoms with van der Waals surface area (Å²) in [7, 11) is 0. The molecule has 0 aliphatic heterocycles. The van der Waals surface area contributed by atoms with E-state index in [0.29, 0.717) is 0 Å². The Bertz CT molecular complexity index is 936. The number of rotatable bonds is 4. The maximum absolute atomic E-state index is 12.5. The van der Waals surface area contributed by atoms with Crippen LogP contribution < -0.4 is 5.32 Å². The summed E-state index contributed by atoms with van der Waals surface area (Å²) in [6.07, 6.45) is 3.40. The van der Waals surface area contributed by atoms with Gasteiger partial charge in [0.15, 0.2) is 5.78 Å². The minimum absolute atomic E-state index is 0.0136. The minimum Gasteiger partial charge on any atom is -0.326 e. The van der Waals surface area contributed by atoms with Crippen molar-refractivity contribution in [3.63, 3.8) is 0 Å². The highest BCUT2D eigenvalue weighted by atomic mass is 32.1. The first-order valence-corrected chi connectivity index (χ1v) is 8.44. The van der Waals surface area contributed by atoms with Crippen molar-refractivity contribution in [3.05, 3.63) is 70.6 Å². The zero-order valence-electron chi connectivity index (χ0n) is 13.5. The molecule has 0 aliphatic carbocycles. The molecule has 0 radical (unpaired) electrons. The second kappa shape index (κ2) is 6.81. The fraction of sp³-hybridized carbons (Fsp3) is 0.100. The third-order valence-corrected chi connectivity index (χ3v) is 5.01. The smallest absolute Gasteiger partial charge is 0.221 e. The number of amides is 1. The fourth-order valence-corrected chi connectivity index (χ4v) is 3.67. The Balaban J connectivity index is 1.79. The van der Waals surface area contributed by atoms with Crippen molar-refractivity contribution in [2.45, 2.75) is 13.8 Å². The van der Waals surface area contributed by atoms with Gasteiger partial charge in [-0.05, 0) is 47.7 Å². The number of fused-ring (bicyclic) bond motifs is 1. The third kappa shape index (κ3) is 3.44. The summed E-state index contributed by atoms with van der Waals surface area (Å²) in [5, 5.41) is 3.85. The molecule has 0 unspecified atom stereocenters. The molecule has 2 aromatic carbocycles. The monoisotopic (exact) mass is 335 g/mol. The van der Waals surface area contributed by atoms with E-state index in [1.54, 1.807) is 12.2 Å². The number of aryl methyl sites for hydroxylation is 1. The van der Waals surface area contributed by atoms with Crippen molar-refractivity contribution in [1.82, 2.24) is 0 Å². The van der Waals surface area contributed by atoms with Gasteiger partial charge in [-0.15, -0.1) is 11.3 Å². The molecule has 0 aliphatic rings. The molecule has 0 atom stereocenters. The second-order valence-electron chi connectivity index (χ2n) is 5.55. The Morgan fingerprint density at radius 2 is 1.75 bits per heavy atom. The first kappa shape index (κ1) is 16.1. The van der Waals surface area contributed by atoms with Crippen LogP contribution in [0.2, 0.25) is 0 Å². The van der Waals surface area contributed by atoms with Gasteiger partial charge >= 0.3 is 0 Å². The van der Waals surface area contributed by atoms with E-state index >= 15 is 0 Å². The maximum atomic E-state index is 12.5. The van der Waals surface area contributed by atoms with Crippen LogP contribution in [-0.2, 0) is 4.79 Å². The number of ketones is 1. The zero-order valence-corrected chi connectivity index (χ0v) is 14.3. The molecule has 0 fully saturated rings. The Morgan fingerprint density at radius 3 is 2.42 bits per heavy atom. The molecule has 0 bridgehead atoms. The topological polar surface area (TPSA) is 46.2 Å². The SMILES string of the molecule is CC(=O)Nc1ccc(C=CC(=O)c2sc3ccccc3c2C)cc1. The summed E-state index contributed by atoms with van der Waals surface area (Å²) in [4.78, 5) is 24.3. The summed E-state index contributed by atoms with van der Waals surface area (Å²) in [5.41, 5.74) is 2.69. The molecule has 120 valence electrons. The summed E-state index contributed by atoms with van der Waals surface area (Å²) in [6.45, 7) is 3.46. The van der Waals surface area contributed by atoms with Crippen LogP contribution in [0.5, 0.6) is 0 Å². The first-order valence-electron chi connectivity index (χ1n) is 7.63. The van der Waals surface area contributed by atoms with Crippen LogP contribution >= 0.6 is 11.3 Å². The van der Waals surface area contributed by atoms with Gasteiger partial charge in [-0.2, -0.15) is 0 Å². The second-order valence-corrected chi connectivity index (χ2v) is 6.61. The van der Waals surface area contributed by atoms with Crippen molar-refractivity contribution in [2.24, 2.45) is 0 Å². The standard InChI is InChI=1S/C20H17NO2S/c1-13-17-5-3-4-6-19(17)24-20(13)18(23)12-9-15-7-10-16(11-8-15)21-14(2)22/h3-12H,1-2H3,(H,21,22). The Hall–Kier alpha value is -2.72. The molecular formula is C20H17NO2S. The predicted molar refractivity (Wildman–Crippen MR) is 101 cm³/mol. The van der Waals surface area contributed by atoms with Crippen LogP contribution in [-0.4, -0.2) is 11.7 Å². The number of carbonyl (C=O) groups is 2. The van der Waals surface area contributed by atoms with E-state index in [4.69, 9.17) is 0 Å². The average molecular weight is 335 g/mol. The van der Waals surface area contributed by atoms with E-state index in [2.05, 4.69) is 5.32 Å². The van der Waals surface area contributed by atoms with Gasteiger partial charge in [-0.25, -0.2) is 0 Å². The number of allylic oxidation sites excluding steroid dienone is 1. The van der Waals surface area contributed by atoms with Gasteiger partial charge in [0.2, 0.25) is 5.91 Å². The van der Waals surface area contributed by atoms with Crippen molar-refractivity contribution in [2.75, 3.05) is 5.32 Å². The van der Waals surface area contributed by atoms with Crippen LogP contribution in [0.3, 0.4) is 0 Å². The van der Waals surface area contributed by atoms with Gasteiger partial charge < -0.3 is 5.32 Å². The van der Waals surface area contributed by atoms with Gasteiger partial charge in [0.05, 0.1) is 4.88 Å². The Morgan fingerprint density at radius 1 is 1.04 bits per heavy atom. The molecule has 0 saturated heterocycles. The van der Waals surface area contributed by atoms with E-state index in [9.17, 15) is 9.59 Å². The number of carbonyl (C=O) groups excluding carboxylic acids is 2. The molecule has 1 heterocycles. The number of benzene rings is 2. The van der Waals surface area contributed by atoms with Crippen LogP contribution in [0.1, 0.15) is 27.7 Å². The predicted octanol–water partition coefficient (Wildman–Crippen LogP) is 5.06. The van der Waals surface area contributed by atoms with Crippen LogP contribution in [0.4, 0.5) is 5.69 Å². The lowest BCUT2D eigenvalue weighted by Crippen LogP contribution is -2.05. The molecule has 1 amide bonds. The zero-order chi connectivity index (χ0) is 17.1. The van der Waals surface area contributed by atoms with Crippen molar-refractivity contribution < 1.29 is 9.59 Å².